The van der Waals surface area contributed by atoms with Gasteiger partial charge in [-0.25, -0.2) is 10.2 Å². The van der Waals surface area contributed by atoms with Crippen molar-refractivity contribution in [3.05, 3.63) is 88.4 Å². The lowest BCUT2D eigenvalue weighted by Crippen LogP contribution is -2.17. The molecule has 0 saturated carbocycles. The van der Waals surface area contributed by atoms with Crippen LogP contribution < -0.4 is 19.6 Å². The molecule has 0 aliphatic carbocycles. The minimum atomic E-state index is -0.505. The van der Waals surface area contributed by atoms with Crippen LogP contribution in [0.1, 0.15) is 26.3 Å². The fourth-order valence-electron chi connectivity index (χ4n) is 2.67. The number of nitrogens with one attached hydrogen (secondary N) is 1. The minimum Gasteiger partial charge on any atom is -0.454 e. The summed E-state index contributed by atoms with van der Waals surface area (Å²) in [5.74, 6) is 0.619. The average molecular weight is 423 g/mol. The van der Waals surface area contributed by atoms with Crippen molar-refractivity contribution in [1.29, 1.82) is 0 Å². The number of hydrazone groups is 1. The van der Waals surface area contributed by atoms with Crippen molar-refractivity contribution in [2.75, 3.05) is 6.79 Å². The topological polar surface area (TPSA) is 86.2 Å². The van der Waals surface area contributed by atoms with Gasteiger partial charge in [-0.3, -0.25) is 4.79 Å². The van der Waals surface area contributed by atoms with E-state index in [0.717, 1.165) is 0 Å². The van der Waals surface area contributed by atoms with Crippen LogP contribution in [0.4, 0.5) is 0 Å². The first-order valence-electron chi connectivity index (χ1n) is 8.89. The van der Waals surface area contributed by atoms with Gasteiger partial charge >= 0.3 is 5.97 Å². The Kier molecular flexibility index (Phi) is 5.63. The van der Waals surface area contributed by atoms with Crippen molar-refractivity contribution < 1.29 is 23.8 Å². The summed E-state index contributed by atoms with van der Waals surface area (Å²) < 4.78 is 15.8. The Morgan fingerprint density at radius 2 is 1.77 bits per heavy atom. The molecule has 1 aliphatic rings. The number of benzene rings is 3. The number of hydrogen-bond donors (Lipinski definition) is 1. The van der Waals surface area contributed by atoms with Crippen molar-refractivity contribution in [3.8, 4) is 17.2 Å². The van der Waals surface area contributed by atoms with Gasteiger partial charge in [0.25, 0.3) is 5.91 Å². The Balaban J connectivity index is 1.33. The molecule has 0 fully saturated rings. The van der Waals surface area contributed by atoms with E-state index in [-0.39, 0.29) is 12.7 Å². The van der Waals surface area contributed by atoms with E-state index in [1.54, 1.807) is 60.7 Å². The fourth-order valence-corrected chi connectivity index (χ4v) is 2.86. The summed E-state index contributed by atoms with van der Waals surface area (Å²) in [4.78, 5) is 24.3. The number of ether oxygens (including phenoxy) is 3. The highest BCUT2D eigenvalue weighted by Crippen LogP contribution is 2.32. The first-order chi connectivity index (χ1) is 14.6. The summed E-state index contributed by atoms with van der Waals surface area (Å²) in [5, 5.41) is 4.40. The second-order valence-corrected chi connectivity index (χ2v) is 6.67. The van der Waals surface area contributed by atoms with Crippen LogP contribution in [-0.2, 0) is 0 Å². The van der Waals surface area contributed by atoms with Crippen molar-refractivity contribution in [3.63, 3.8) is 0 Å². The van der Waals surface area contributed by atoms with Gasteiger partial charge in [0.2, 0.25) is 6.79 Å². The van der Waals surface area contributed by atoms with E-state index < -0.39 is 5.97 Å². The molecule has 0 radical (unpaired) electrons. The lowest BCUT2D eigenvalue weighted by atomic mass is 10.2. The number of fused-ring (bicyclic) bond motifs is 1. The molecule has 7 nitrogen and oxygen atoms in total. The van der Waals surface area contributed by atoms with Gasteiger partial charge in [-0.05, 0) is 66.2 Å². The molecule has 4 rings (SSSR count). The number of nitrogens with zero attached hydrogens (tertiary/aromatic N) is 1. The number of carbonyl (C=O) groups is 2. The van der Waals surface area contributed by atoms with Crippen LogP contribution in [0.25, 0.3) is 0 Å². The Bertz CT molecular complexity index is 1130. The van der Waals surface area contributed by atoms with Crippen molar-refractivity contribution in [2.24, 2.45) is 5.10 Å². The quantitative estimate of drug-likeness (QED) is 0.290. The van der Waals surface area contributed by atoms with Crippen molar-refractivity contribution in [2.45, 2.75) is 0 Å². The second kappa shape index (κ2) is 8.67. The van der Waals surface area contributed by atoms with Crippen LogP contribution in [0.15, 0.2) is 71.8 Å². The van der Waals surface area contributed by atoms with Crippen LogP contribution in [0.2, 0.25) is 5.02 Å². The van der Waals surface area contributed by atoms with Gasteiger partial charge in [-0.1, -0.05) is 17.7 Å². The number of rotatable bonds is 5. The standard InChI is InChI=1S/C22H15ClN2O5/c23-17-3-1-2-16(10-17)22(27)30-18-7-4-14(5-8-18)12-24-25-21(26)15-6-9-19-20(11-15)29-13-28-19/h1-12H,13H2,(H,25,26)/b24-12+. The van der Waals surface area contributed by atoms with Gasteiger partial charge in [-0.15, -0.1) is 0 Å². The molecule has 0 aromatic heterocycles. The van der Waals surface area contributed by atoms with Crippen LogP contribution in [0.3, 0.4) is 0 Å². The van der Waals surface area contributed by atoms with E-state index in [0.29, 0.717) is 39.0 Å². The van der Waals surface area contributed by atoms with Crippen LogP contribution >= 0.6 is 11.6 Å². The van der Waals surface area contributed by atoms with Gasteiger partial charge in [0.15, 0.2) is 11.5 Å². The molecule has 0 atom stereocenters. The Hall–Kier alpha value is -3.84. The molecule has 0 unspecified atom stereocenters. The summed E-state index contributed by atoms with van der Waals surface area (Å²) in [7, 11) is 0. The summed E-state index contributed by atoms with van der Waals surface area (Å²) in [5.41, 5.74) is 3.92. The van der Waals surface area contributed by atoms with Crippen LogP contribution in [-0.4, -0.2) is 24.9 Å². The lowest BCUT2D eigenvalue weighted by Gasteiger charge is -2.05. The van der Waals surface area contributed by atoms with E-state index in [4.69, 9.17) is 25.8 Å². The molecule has 3 aromatic rings. The van der Waals surface area contributed by atoms with Crippen LogP contribution in [0, 0.1) is 0 Å². The smallest absolute Gasteiger partial charge is 0.343 e. The second-order valence-electron chi connectivity index (χ2n) is 6.24. The molecule has 1 N–H and O–H groups in total. The lowest BCUT2D eigenvalue weighted by molar-refractivity contribution is 0.0734. The molecule has 1 aliphatic heterocycles. The van der Waals surface area contributed by atoms with Crippen molar-refractivity contribution in [1.82, 2.24) is 5.43 Å². The third-order valence-corrected chi connectivity index (χ3v) is 4.40. The third kappa shape index (κ3) is 4.59. The molecule has 0 spiro atoms. The average Bonchev–Trinajstić information content (AvgIpc) is 3.23. The zero-order chi connectivity index (χ0) is 20.9. The Morgan fingerprint density at radius 1 is 0.967 bits per heavy atom. The van der Waals surface area contributed by atoms with E-state index in [2.05, 4.69) is 10.5 Å². The third-order valence-electron chi connectivity index (χ3n) is 4.17. The molecular formula is C22H15ClN2O5. The first kappa shape index (κ1) is 19.5. The molecule has 0 bridgehead atoms. The fraction of sp³-hybridized carbons (Fsp3) is 0.0455. The summed E-state index contributed by atoms with van der Waals surface area (Å²) >= 11 is 5.88. The number of halogens is 1. The molecule has 1 amide bonds. The largest absolute Gasteiger partial charge is 0.454 e. The monoisotopic (exact) mass is 422 g/mol. The van der Waals surface area contributed by atoms with Gasteiger partial charge in [0.05, 0.1) is 11.8 Å². The number of amides is 1. The van der Waals surface area contributed by atoms with Gasteiger partial charge < -0.3 is 14.2 Å². The molecular weight excluding hydrogens is 408 g/mol. The Morgan fingerprint density at radius 3 is 2.57 bits per heavy atom. The van der Waals surface area contributed by atoms with Crippen LogP contribution in [0.5, 0.6) is 17.2 Å². The Labute approximate surface area is 176 Å². The SMILES string of the molecule is O=C(N/N=C/c1ccc(OC(=O)c2cccc(Cl)c2)cc1)c1ccc2c(c1)OCO2. The van der Waals surface area contributed by atoms with E-state index in [1.165, 1.54) is 12.3 Å². The first-order valence-corrected chi connectivity index (χ1v) is 9.27. The van der Waals surface area contributed by atoms with Crippen molar-refractivity contribution >= 4 is 29.7 Å². The van der Waals surface area contributed by atoms with Gasteiger partial charge in [0.1, 0.15) is 5.75 Å². The maximum atomic E-state index is 12.2. The molecule has 0 saturated heterocycles. The van der Waals surface area contributed by atoms with Gasteiger partial charge in [0, 0.05) is 10.6 Å². The van der Waals surface area contributed by atoms with Gasteiger partial charge in [-0.2, -0.15) is 5.10 Å². The molecule has 8 heteroatoms. The maximum absolute atomic E-state index is 12.2. The van der Waals surface area contributed by atoms with E-state index in [1.807, 2.05) is 0 Å². The summed E-state index contributed by atoms with van der Waals surface area (Å²) in [6.45, 7) is 0.142. The zero-order valence-electron chi connectivity index (χ0n) is 15.5. The molecule has 1 heterocycles. The molecule has 3 aromatic carbocycles. The highest BCUT2D eigenvalue weighted by atomic mass is 35.5. The number of hydrogen-bond acceptors (Lipinski definition) is 6. The zero-order valence-corrected chi connectivity index (χ0v) is 16.3. The predicted molar refractivity (Wildman–Crippen MR) is 110 cm³/mol. The number of carbonyl (C=O) groups excluding carboxylic acids is 2. The normalized spacial score (nSPS) is 12.0. The van der Waals surface area contributed by atoms with E-state index >= 15 is 0 Å². The predicted octanol–water partition coefficient (Wildman–Crippen LogP) is 4.05. The summed E-state index contributed by atoms with van der Waals surface area (Å²) in [6, 6.07) is 18.1. The summed E-state index contributed by atoms with van der Waals surface area (Å²) in [6.07, 6.45) is 1.48. The maximum Gasteiger partial charge on any atom is 0.343 e. The minimum absolute atomic E-state index is 0.142. The highest BCUT2D eigenvalue weighted by molar-refractivity contribution is 6.30. The number of esters is 1. The molecule has 30 heavy (non-hydrogen) atoms. The molecule has 150 valence electrons. The highest BCUT2D eigenvalue weighted by Gasteiger charge is 2.15. The van der Waals surface area contributed by atoms with E-state index in [9.17, 15) is 9.59 Å².